The van der Waals surface area contributed by atoms with E-state index in [1.807, 2.05) is 18.2 Å². The molecule has 88 valence electrons. The van der Waals surface area contributed by atoms with E-state index >= 15 is 0 Å². The van der Waals surface area contributed by atoms with Gasteiger partial charge in [0.1, 0.15) is 0 Å². The van der Waals surface area contributed by atoms with E-state index in [0.717, 1.165) is 0 Å². The predicted octanol–water partition coefficient (Wildman–Crippen LogP) is 1.93. The summed E-state index contributed by atoms with van der Waals surface area (Å²) in [7, 11) is 1.36. The number of ether oxygens (including phenoxy) is 1. The fourth-order valence-electron chi connectivity index (χ4n) is 0.883. The molecule has 0 aromatic heterocycles. The van der Waals surface area contributed by atoms with Crippen molar-refractivity contribution in [2.75, 3.05) is 20.2 Å². The van der Waals surface area contributed by atoms with E-state index in [1.54, 1.807) is 6.08 Å². The summed E-state index contributed by atoms with van der Waals surface area (Å²) >= 11 is 0. The van der Waals surface area contributed by atoms with E-state index in [1.165, 1.54) is 12.7 Å². The van der Waals surface area contributed by atoms with Crippen molar-refractivity contribution >= 4 is 5.97 Å². The van der Waals surface area contributed by atoms with Crippen LogP contribution in [0.15, 0.2) is 43.0 Å². The van der Waals surface area contributed by atoms with E-state index in [-0.39, 0.29) is 12.5 Å². The van der Waals surface area contributed by atoms with Gasteiger partial charge in [0, 0.05) is 6.54 Å². The number of rotatable bonds is 4. The maximum Gasteiger partial charge on any atom is 0.319 e. The number of hydrogen-bond acceptors (Lipinski definition) is 3. The molecule has 3 heteroatoms. The highest BCUT2D eigenvalue weighted by Gasteiger charge is 1.94. The number of esters is 1. The summed E-state index contributed by atoms with van der Waals surface area (Å²) in [5.41, 5.74) is 1.32. The summed E-state index contributed by atoms with van der Waals surface area (Å²) in [6.07, 6.45) is 1.68. The Kier molecular flexibility index (Phi) is 8.93. The lowest BCUT2D eigenvalue weighted by molar-refractivity contribution is -0.139. The maximum atomic E-state index is 10.4. The second-order valence-electron chi connectivity index (χ2n) is 3.15. The standard InChI is InChI=1S/C7H8.C6H11NO2/c1-7-5-3-2-4-6-7;1-3-4-7-5-6(8)9-2/h2-6H,1H3;3,7H,1,4-5H2,2H3. The molecule has 0 amide bonds. The average Bonchev–Trinajstić information content (AvgIpc) is 2.31. The Hall–Kier alpha value is -1.61. The molecular formula is C13H19NO2. The quantitative estimate of drug-likeness (QED) is 0.479. The minimum absolute atomic E-state index is 0.252. The molecule has 3 nitrogen and oxygen atoms in total. The van der Waals surface area contributed by atoms with Gasteiger partial charge >= 0.3 is 5.97 Å². The van der Waals surface area contributed by atoms with Gasteiger partial charge in [-0.15, -0.1) is 6.58 Å². The SMILES string of the molecule is C=CCNCC(=O)OC.Cc1ccccc1. The van der Waals surface area contributed by atoms with Crippen molar-refractivity contribution in [1.29, 1.82) is 0 Å². The van der Waals surface area contributed by atoms with Crippen molar-refractivity contribution in [1.82, 2.24) is 5.32 Å². The summed E-state index contributed by atoms with van der Waals surface area (Å²) in [6.45, 7) is 6.44. The molecule has 0 aliphatic carbocycles. The molecule has 0 aliphatic rings. The topological polar surface area (TPSA) is 38.3 Å². The van der Waals surface area contributed by atoms with Crippen LogP contribution in [0.5, 0.6) is 0 Å². The van der Waals surface area contributed by atoms with Crippen LogP contribution in [0.1, 0.15) is 5.56 Å². The highest BCUT2D eigenvalue weighted by molar-refractivity contribution is 5.71. The zero-order chi connectivity index (χ0) is 12.2. The number of carbonyl (C=O) groups is 1. The first-order valence-corrected chi connectivity index (χ1v) is 5.10. The van der Waals surface area contributed by atoms with Crippen molar-refractivity contribution in [3.63, 3.8) is 0 Å². The third-order valence-corrected chi connectivity index (χ3v) is 1.73. The normalized spacial score (nSPS) is 8.62. The number of carbonyl (C=O) groups excluding carboxylic acids is 1. The van der Waals surface area contributed by atoms with E-state index in [4.69, 9.17) is 0 Å². The predicted molar refractivity (Wildman–Crippen MR) is 66.3 cm³/mol. The van der Waals surface area contributed by atoms with Crippen LogP contribution < -0.4 is 5.32 Å². The fourth-order valence-corrected chi connectivity index (χ4v) is 0.883. The first-order valence-electron chi connectivity index (χ1n) is 5.10. The highest BCUT2D eigenvalue weighted by atomic mass is 16.5. The number of methoxy groups -OCH3 is 1. The molecule has 1 N–H and O–H groups in total. The van der Waals surface area contributed by atoms with Crippen LogP contribution in [0.3, 0.4) is 0 Å². The van der Waals surface area contributed by atoms with Crippen molar-refractivity contribution in [2.24, 2.45) is 0 Å². The molecule has 0 atom stereocenters. The second kappa shape index (κ2) is 9.93. The summed E-state index contributed by atoms with van der Waals surface area (Å²) in [4.78, 5) is 10.4. The third-order valence-electron chi connectivity index (χ3n) is 1.73. The van der Waals surface area contributed by atoms with Gasteiger partial charge in [0.2, 0.25) is 0 Å². The van der Waals surface area contributed by atoms with E-state index in [0.29, 0.717) is 6.54 Å². The van der Waals surface area contributed by atoms with Gasteiger partial charge in [-0.05, 0) is 6.92 Å². The molecule has 0 saturated heterocycles. The van der Waals surface area contributed by atoms with E-state index in [2.05, 4.69) is 35.7 Å². The molecule has 16 heavy (non-hydrogen) atoms. The zero-order valence-corrected chi connectivity index (χ0v) is 9.90. The molecule has 0 aliphatic heterocycles. The molecule has 0 heterocycles. The monoisotopic (exact) mass is 221 g/mol. The van der Waals surface area contributed by atoms with Gasteiger partial charge in [-0.1, -0.05) is 42.0 Å². The Labute approximate surface area is 97.1 Å². The van der Waals surface area contributed by atoms with Crippen molar-refractivity contribution in [3.8, 4) is 0 Å². The molecule has 0 fully saturated rings. The molecule has 0 radical (unpaired) electrons. The number of aryl methyl sites for hydroxylation is 1. The van der Waals surface area contributed by atoms with E-state index in [9.17, 15) is 4.79 Å². The Morgan fingerprint density at radius 2 is 2.06 bits per heavy atom. The average molecular weight is 221 g/mol. The van der Waals surface area contributed by atoms with Crippen LogP contribution in [0.2, 0.25) is 0 Å². The molecule has 1 aromatic rings. The van der Waals surface area contributed by atoms with Gasteiger partial charge in [0.25, 0.3) is 0 Å². The lowest BCUT2D eigenvalue weighted by Crippen LogP contribution is -2.23. The fraction of sp³-hybridized carbons (Fsp3) is 0.308. The maximum absolute atomic E-state index is 10.4. The smallest absolute Gasteiger partial charge is 0.319 e. The molecule has 1 aromatic carbocycles. The van der Waals surface area contributed by atoms with Crippen LogP contribution in [0, 0.1) is 6.92 Å². The Balaban J connectivity index is 0.000000288. The second-order valence-corrected chi connectivity index (χ2v) is 3.15. The summed E-state index contributed by atoms with van der Waals surface area (Å²) < 4.78 is 4.36. The summed E-state index contributed by atoms with van der Waals surface area (Å²) in [6, 6.07) is 10.3. The zero-order valence-electron chi connectivity index (χ0n) is 9.90. The Bertz CT molecular complexity index is 296. The number of benzene rings is 1. The van der Waals surface area contributed by atoms with Gasteiger partial charge < -0.3 is 10.1 Å². The van der Waals surface area contributed by atoms with Gasteiger partial charge in [-0.3, -0.25) is 4.79 Å². The minimum atomic E-state index is -0.253. The first kappa shape index (κ1) is 14.4. The Morgan fingerprint density at radius 1 is 1.44 bits per heavy atom. The molecule has 0 saturated carbocycles. The van der Waals surface area contributed by atoms with Crippen LogP contribution in [-0.4, -0.2) is 26.2 Å². The van der Waals surface area contributed by atoms with Gasteiger partial charge in [0.05, 0.1) is 13.7 Å². The summed E-state index contributed by atoms with van der Waals surface area (Å²) in [5, 5.41) is 2.79. The summed E-state index contributed by atoms with van der Waals surface area (Å²) in [5.74, 6) is -0.253. The van der Waals surface area contributed by atoms with Crippen LogP contribution in [-0.2, 0) is 9.53 Å². The molecule has 0 bridgehead atoms. The number of hydrogen-bond donors (Lipinski definition) is 1. The largest absolute Gasteiger partial charge is 0.468 e. The van der Waals surface area contributed by atoms with Crippen LogP contribution in [0.4, 0.5) is 0 Å². The Morgan fingerprint density at radius 3 is 2.44 bits per heavy atom. The van der Waals surface area contributed by atoms with E-state index < -0.39 is 0 Å². The van der Waals surface area contributed by atoms with Crippen molar-refractivity contribution < 1.29 is 9.53 Å². The van der Waals surface area contributed by atoms with Crippen molar-refractivity contribution in [2.45, 2.75) is 6.92 Å². The molecule has 1 rings (SSSR count). The number of nitrogens with one attached hydrogen (secondary N) is 1. The lowest BCUT2D eigenvalue weighted by Gasteiger charge is -1.97. The van der Waals surface area contributed by atoms with Gasteiger partial charge in [-0.2, -0.15) is 0 Å². The molecule has 0 unspecified atom stereocenters. The lowest BCUT2D eigenvalue weighted by atomic mass is 10.2. The first-order chi connectivity index (χ1) is 7.70. The van der Waals surface area contributed by atoms with Crippen LogP contribution >= 0.6 is 0 Å². The minimum Gasteiger partial charge on any atom is -0.468 e. The van der Waals surface area contributed by atoms with Crippen molar-refractivity contribution in [3.05, 3.63) is 48.6 Å². The van der Waals surface area contributed by atoms with Gasteiger partial charge in [-0.25, -0.2) is 0 Å². The molecular weight excluding hydrogens is 202 g/mol. The highest BCUT2D eigenvalue weighted by Crippen LogP contribution is 1.92. The van der Waals surface area contributed by atoms with Crippen LogP contribution in [0.25, 0.3) is 0 Å². The van der Waals surface area contributed by atoms with Gasteiger partial charge in [0.15, 0.2) is 0 Å². The molecule has 0 spiro atoms. The third kappa shape index (κ3) is 8.97.